The Morgan fingerprint density at radius 1 is 1.21 bits per heavy atom. The highest BCUT2D eigenvalue weighted by atomic mass is 19.3. The smallest absolute Gasteiger partial charge is 0.265 e. The number of hydrogen-bond donors (Lipinski definition) is 3. The number of hydrogen-bond acceptors (Lipinski definition) is 10. The fourth-order valence-corrected chi connectivity index (χ4v) is 5.61. The van der Waals surface area contributed by atoms with Crippen LogP contribution in [-0.2, 0) is 6.54 Å². The minimum atomic E-state index is -2.95. The molecule has 11 nitrogen and oxygen atoms in total. The van der Waals surface area contributed by atoms with E-state index in [1.54, 1.807) is 29.2 Å². The number of ether oxygens (including phenoxy) is 1. The molecule has 0 spiro atoms. The first-order valence-corrected chi connectivity index (χ1v) is 11.9. The van der Waals surface area contributed by atoms with Crippen molar-refractivity contribution in [1.29, 1.82) is 0 Å². The van der Waals surface area contributed by atoms with Crippen molar-refractivity contribution in [3.63, 3.8) is 0 Å². The first kappa shape index (κ1) is 24.3. The Morgan fingerprint density at radius 3 is 2.76 bits per heavy atom. The molecule has 2 aliphatic rings. The van der Waals surface area contributed by atoms with Crippen molar-refractivity contribution in [1.82, 2.24) is 29.5 Å². The second-order valence-corrected chi connectivity index (χ2v) is 9.50. The molecule has 1 saturated heterocycles. The second kappa shape index (κ2) is 8.77. The number of methoxy groups -OCH3 is 1. The van der Waals surface area contributed by atoms with Crippen molar-refractivity contribution in [3.05, 3.63) is 48.6 Å². The van der Waals surface area contributed by atoms with Crippen molar-refractivity contribution in [2.24, 2.45) is 11.7 Å². The highest BCUT2D eigenvalue weighted by molar-refractivity contribution is 5.81. The van der Waals surface area contributed by atoms with Gasteiger partial charge in [-0.05, 0) is 30.2 Å². The van der Waals surface area contributed by atoms with E-state index in [0.717, 1.165) is 0 Å². The number of nitrogen functional groups attached to an aromatic ring is 1. The first-order chi connectivity index (χ1) is 18.2. The summed E-state index contributed by atoms with van der Waals surface area (Å²) in [6.07, 6.45) is 0.151. The molecule has 4 atom stereocenters. The van der Waals surface area contributed by atoms with E-state index < -0.39 is 30.1 Å². The molecule has 4 aromatic rings. The van der Waals surface area contributed by atoms with Gasteiger partial charge in [0.15, 0.2) is 17.2 Å². The molecule has 1 saturated carbocycles. The quantitative estimate of drug-likeness (QED) is 0.302. The van der Waals surface area contributed by atoms with Gasteiger partial charge in [-0.1, -0.05) is 0 Å². The monoisotopic (exact) mass is 527 g/mol. The van der Waals surface area contributed by atoms with E-state index in [4.69, 9.17) is 16.2 Å². The zero-order valence-corrected chi connectivity index (χ0v) is 20.2. The maximum Gasteiger partial charge on any atom is 0.265 e. The van der Waals surface area contributed by atoms with Crippen molar-refractivity contribution in [2.75, 3.05) is 24.3 Å². The molecule has 0 bridgehead atoms. The molecule has 5 N–H and O–H groups in total. The number of halogens is 3. The highest BCUT2D eigenvalue weighted by Gasteiger charge is 2.72. The van der Waals surface area contributed by atoms with Gasteiger partial charge < -0.3 is 30.8 Å². The lowest BCUT2D eigenvalue weighted by Gasteiger charge is -2.30. The fourth-order valence-electron chi connectivity index (χ4n) is 5.61. The zero-order valence-electron chi connectivity index (χ0n) is 20.2. The van der Waals surface area contributed by atoms with Crippen LogP contribution in [0, 0.1) is 11.9 Å². The van der Waals surface area contributed by atoms with Gasteiger partial charge >= 0.3 is 0 Å². The topological polar surface area (TPSA) is 154 Å². The van der Waals surface area contributed by atoms with E-state index in [2.05, 4.69) is 24.9 Å². The number of imidazole rings is 1. The number of nitrogens with zero attached hydrogens (tertiary/aromatic N) is 7. The summed E-state index contributed by atoms with van der Waals surface area (Å²) in [6.45, 7) is 0.798. The minimum absolute atomic E-state index is 0.00136. The van der Waals surface area contributed by atoms with Crippen LogP contribution in [0.15, 0.2) is 37.1 Å². The molecule has 1 aliphatic carbocycles. The Morgan fingerprint density at radius 2 is 2.03 bits per heavy atom. The molecule has 2 unspecified atom stereocenters. The van der Waals surface area contributed by atoms with E-state index in [1.165, 1.54) is 19.5 Å². The van der Waals surface area contributed by atoms with Crippen molar-refractivity contribution in [2.45, 2.75) is 37.1 Å². The van der Waals surface area contributed by atoms with Crippen LogP contribution < -0.4 is 21.1 Å². The lowest BCUT2D eigenvalue weighted by Crippen LogP contribution is -2.51. The van der Waals surface area contributed by atoms with E-state index >= 15 is 0 Å². The summed E-state index contributed by atoms with van der Waals surface area (Å²) in [5.41, 5.74) is 13.8. The van der Waals surface area contributed by atoms with Crippen LogP contribution in [0.1, 0.15) is 12.0 Å². The number of piperidine rings is 1. The number of aromatic nitrogens is 6. The molecule has 38 heavy (non-hydrogen) atoms. The summed E-state index contributed by atoms with van der Waals surface area (Å²) < 4.78 is 47.9. The van der Waals surface area contributed by atoms with Gasteiger partial charge in [-0.3, -0.25) is 4.98 Å². The lowest BCUT2D eigenvalue weighted by atomic mass is 10.0. The summed E-state index contributed by atoms with van der Waals surface area (Å²) >= 11 is 0. The molecule has 1 aliphatic heterocycles. The van der Waals surface area contributed by atoms with Gasteiger partial charge in [0.25, 0.3) is 12.4 Å². The minimum Gasteiger partial charge on any atom is -0.492 e. The molecule has 0 aromatic carbocycles. The Labute approximate surface area is 214 Å². The van der Waals surface area contributed by atoms with Gasteiger partial charge in [0.1, 0.15) is 17.9 Å². The maximum absolute atomic E-state index is 14.4. The number of aliphatic hydroxyl groups excluding tert-OH is 1. The number of fused-ring (bicyclic) bond motifs is 2. The van der Waals surface area contributed by atoms with Crippen molar-refractivity contribution >= 4 is 22.7 Å². The summed E-state index contributed by atoms with van der Waals surface area (Å²) in [4.78, 5) is 23.0. The molecule has 5 heterocycles. The van der Waals surface area contributed by atoms with Gasteiger partial charge in [-0.2, -0.15) is 4.39 Å². The third kappa shape index (κ3) is 3.62. The van der Waals surface area contributed by atoms with E-state index in [1.807, 2.05) is 4.90 Å². The molecular weight excluding hydrogens is 503 g/mol. The van der Waals surface area contributed by atoms with Gasteiger partial charge in [-0.25, -0.2) is 28.7 Å². The second-order valence-electron chi connectivity index (χ2n) is 9.50. The van der Waals surface area contributed by atoms with Crippen molar-refractivity contribution in [3.8, 4) is 17.1 Å². The third-order valence-electron chi connectivity index (χ3n) is 7.54. The van der Waals surface area contributed by atoms with E-state index in [9.17, 15) is 18.3 Å². The molecule has 4 aromatic heterocycles. The molecule has 2 fully saturated rings. The first-order valence-electron chi connectivity index (χ1n) is 11.9. The van der Waals surface area contributed by atoms with Crippen LogP contribution in [0.5, 0.6) is 5.75 Å². The van der Waals surface area contributed by atoms with Crippen LogP contribution >= 0.6 is 0 Å². The Balaban J connectivity index is 1.43. The predicted octanol–water partition coefficient (Wildman–Crippen LogP) is 1.59. The SMILES string of the molecule is COc1ccc(-c2cc(Cn3cnc4c(N)ncnc43)c(N3CCC4C3[C@@]4(N)[C@H](O)C(F)F)cn2)nc1F. The Hall–Kier alpha value is -4.04. The van der Waals surface area contributed by atoms with Crippen LogP contribution in [0.3, 0.4) is 0 Å². The zero-order chi connectivity index (χ0) is 26.8. The normalized spacial score (nSPS) is 23.2. The number of anilines is 2. The maximum atomic E-state index is 14.4. The summed E-state index contributed by atoms with van der Waals surface area (Å²) in [5.74, 6) is -0.824. The van der Waals surface area contributed by atoms with Gasteiger partial charge in [0, 0.05) is 12.5 Å². The lowest BCUT2D eigenvalue weighted by molar-refractivity contribution is -0.0303. The predicted molar refractivity (Wildman–Crippen MR) is 131 cm³/mol. The fraction of sp³-hybridized carbons (Fsp3) is 0.375. The van der Waals surface area contributed by atoms with E-state index in [0.29, 0.717) is 41.1 Å². The molecule has 198 valence electrons. The average molecular weight is 528 g/mol. The number of pyridine rings is 2. The standard InChI is InChI=1S/C24H24F3N9O2/c1-38-16-3-2-13(34-21(16)27)14-6-11(8-35-10-33-17-22(28)31-9-32-23(17)35)15(7-30-14)36-5-4-12-18(36)24(12,29)19(37)20(25)26/h2-3,6-7,9-10,12,18-20,37H,4-5,8,29H2,1H3,(H2,28,31,32)/t12?,18?,19-,24-/m1/s1. The average Bonchev–Trinajstić information content (AvgIpc) is 3.23. The van der Waals surface area contributed by atoms with Gasteiger partial charge in [-0.15, -0.1) is 0 Å². The third-order valence-corrected chi connectivity index (χ3v) is 7.54. The highest BCUT2D eigenvalue weighted by Crippen LogP contribution is 2.56. The molecule has 0 amide bonds. The molecule has 14 heteroatoms. The molecular formula is C24H24F3N9O2. The molecule has 6 rings (SSSR count). The number of aliphatic hydroxyl groups is 1. The number of alkyl halides is 2. The van der Waals surface area contributed by atoms with Gasteiger partial charge in [0.05, 0.1) is 54.8 Å². The largest absolute Gasteiger partial charge is 0.492 e. The van der Waals surface area contributed by atoms with Crippen molar-refractivity contribution < 1.29 is 23.0 Å². The number of rotatable bonds is 7. The Kier molecular flexibility index (Phi) is 5.61. The van der Waals surface area contributed by atoms with Crippen LogP contribution in [0.25, 0.3) is 22.6 Å². The summed E-state index contributed by atoms with van der Waals surface area (Å²) in [6, 6.07) is 4.31. The van der Waals surface area contributed by atoms with Crippen LogP contribution in [-0.4, -0.2) is 72.4 Å². The van der Waals surface area contributed by atoms with Crippen LogP contribution in [0.4, 0.5) is 24.7 Å². The van der Waals surface area contributed by atoms with Gasteiger partial charge in [0.2, 0.25) is 0 Å². The number of nitrogens with two attached hydrogens (primary N) is 2. The van der Waals surface area contributed by atoms with Crippen LogP contribution in [0.2, 0.25) is 0 Å². The molecule has 0 radical (unpaired) electrons. The van der Waals surface area contributed by atoms with E-state index in [-0.39, 0.29) is 29.7 Å². The summed E-state index contributed by atoms with van der Waals surface area (Å²) in [5, 5.41) is 10.2. The Bertz CT molecular complexity index is 1530. The summed E-state index contributed by atoms with van der Waals surface area (Å²) in [7, 11) is 1.35.